The monoisotopic (exact) mass is 232 g/mol. The minimum absolute atomic E-state index is 0.178. The number of hydrogen-bond donors (Lipinski definition) is 2. The smallest absolute Gasteiger partial charge is 0.311 e. The highest BCUT2D eigenvalue weighted by Crippen LogP contribution is 2.15. The van der Waals surface area contributed by atoms with E-state index < -0.39 is 11.5 Å². The molecule has 0 heterocycles. The van der Waals surface area contributed by atoms with Gasteiger partial charge < -0.3 is 14.9 Å². The first-order valence-electron chi connectivity index (χ1n) is 5.84. The van der Waals surface area contributed by atoms with Crippen molar-refractivity contribution in [2.75, 3.05) is 13.2 Å². The molecule has 0 spiro atoms. The van der Waals surface area contributed by atoms with Crippen molar-refractivity contribution < 1.29 is 19.7 Å². The fraction of sp³-hybridized carbons (Fsp3) is 0.917. The summed E-state index contributed by atoms with van der Waals surface area (Å²) in [6, 6.07) is 0. The maximum Gasteiger partial charge on any atom is 0.311 e. The fourth-order valence-corrected chi connectivity index (χ4v) is 1.13. The van der Waals surface area contributed by atoms with E-state index in [1.54, 1.807) is 0 Å². The molecular weight excluding hydrogens is 208 g/mol. The van der Waals surface area contributed by atoms with Gasteiger partial charge in [0.15, 0.2) is 0 Å². The SMILES string of the molecule is CC(C)(C)C(=O)OCCCCC[C@H](O)CO. The van der Waals surface area contributed by atoms with E-state index in [9.17, 15) is 4.79 Å². The summed E-state index contributed by atoms with van der Waals surface area (Å²) in [7, 11) is 0. The van der Waals surface area contributed by atoms with Crippen molar-refractivity contribution in [1.29, 1.82) is 0 Å². The second-order valence-corrected chi connectivity index (χ2v) is 5.07. The first kappa shape index (κ1) is 15.4. The number of hydrogen-bond acceptors (Lipinski definition) is 4. The molecule has 1 atom stereocenters. The highest BCUT2D eigenvalue weighted by Gasteiger charge is 2.22. The second-order valence-electron chi connectivity index (χ2n) is 5.07. The Balaban J connectivity index is 3.38. The molecule has 0 aromatic heterocycles. The highest BCUT2D eigenvalue weighted by atomic mass is 16.5. The molecular formula is C12H24O4. The van der Waals surface area contributed by atoms with Crippen LogP contribution in [0, 0.1) is 5.41 Å². The number of carbonyl (C=O) groups is 1. The van der Waals surface area contributed by atoms with Crippen molar-refractivity contribution in [3.8, 4) is 0 Å². The Bertz CT molecular complexity index is 196. The Hall–Kier alpha value is -0.610. The zero-order valence-corrected chi connectivity index (χ0v) is 10.5. The molecule has 0 fully saturated rings. The van der Waals surface area contributed by atoms with Crippen LogP contribution in [0.15, 0.2) is 0 Å². The summed E-state index contributed by atoms with van der Waals surface area (Å²) < 4.78 is 5.09. The standard InChI is InChI=1S/C12H24O4/c1-12(2,3)11(15)16-8-6-4-5-7-10(14)9-13/h10,13-14H,4-9H2,1-3H3/t10-/m0/s1. The third-order valence-electron chi connectivity index (χ3n) is 2.24. The molecule has 0 aliphatic carbocycles. The van der Waals surface area contributed by atoms with Crippen LogP contribution in [-0.4, -0.2) is 35.5 Å². The van der Waals surface area contributed by atoms with Gasteiger partial charge in [0.2, 0.25) is 0 Å². The molecule has 96 valence electrons. The quantitative estimate of drug-likeness (QED) is 0.515. The normalized spacial score (nSPS) is 13.6. The van der Waals surface area contributed by atoms with E-state index >= 15 is 0 Å². The average Bonchev–Trinajstić information content (AvgIpc) is 2.20. The predicted octanol–water partition coefficient (Wildman–Crippen LogP) is 1.49. The molecule has 0 saturated carbocycles. The average molecular weight is 232 g/mol. The summed E-state index contributed by atoms with van der Waals surface area (Å²) in [4.78, 5) is 11.4. The van der Waals surface area contributed by atoms with Crippen LogP contribution in [0.5, 0.6) is 0 Å². The molecule has 0 saturated heterocycles. The summed E-state index contributed by atoms with van der Waals surface area (Å²) >= 11 is 0. The van der Waals surface area contributed by atoms with E-state index in [0.29, 0.717) is 13.0 Å². The van der Waals surface area contributed by atoms with Gasteiger partial charge in [-0.05, 0) is 40.0 Å². The van der Waals surface area contributed by atoms with Crippen molar-refractivity contribution in [3.05, 3.63) is 0 Å². The third-order valence-corrected chi connectivity index (χ3v) is 2.24. The molecule has 0 unspecified atom stereocenters. The number of esters is 1. The van der Waals surface area contributed by atoms with Gasteiger partial charge in [-0.2, -0.15) is 0 Å². The molecule has 0 radical (unpaired) electrons. The molecule has 16 heavy (non-hydrogen) atoms. The lowest BCUT2D eigenvalue weighted by Crippen LogP contribution is -2.23. The number of ether oxygens (including phenoxy) is 1. The molecule has 0 amide bonds. The number of aliphatic hydroxyl groups excluding tert-OH is 2. The molecule has 4 heteroatoms. The fourth-order valence-electron chi connectivity index (χ4n) is 1.13. The number of carbonyl (C=O) groups excluding carboxylic acids is 1. The predicted molar refractivity (Wildman–Crippen MR) is 62.0 cm³/mol. The molecule has 4 nitrogen and oxygen atoms in total. The van der Waals surface area contributed by atoms with E-state index in [0.717, 1.165) is 19.3 Å². The molecule has 0 aliphatic heterocycles. The van der Waals surface area contributed by atoms with Gasteiger partial charge >= 0.3 is 5.97 Å². The van der Waals surface area contributed by atoms with Crippen molar-refractivity contribution in [2.45, 2.75) is 52.6 Å². The lowest BCUT2D eigenvalue weighted by Gasteiger charge is -2.16. The van der Waals surface area contributed by atoms with Gasteiger partial charge in [0, 0.05) is 0 Å². The first-order valence-corrected chi connectivity index (χ1v) is 5.84. The largest absolute Gasteiger partial charge is 0.465 e. The van der Waals surface area contributed by atoms with E-state index in [2.05, 4.69) is 0 Å². The minimum atomic E-state index is -0.614. The van der Waals surface area contributed by atoms with Gasteiger partial charge in [0.1, 0.15) is 0 Å². The van der Waals surface area contributed by atoms with E-state index in [4.69, 9.17) is 14.9 Å². The first-order chi connectivity index (χ1) is 7.38. The summed E-state index contributed by atoms with van der Waals surface area (Å²) in [6.07, 6.45) is 2.53. The van der Waals surface area contributed by atoms with Crippen LogP contribution >= 0.6 is 0 Å². The lowest BCUT2D eigenvalue weighted by molar-refractivity contribution is -0.153. The van der Waals surface area contributed by atoms with Gasteiger partial charge in [-0.1, -0.05) is 6.42 Å². The van der Waals surface area contributed by atoms with Crippen LogP contribution in [0.25, 0.3) is 0 Å². The number of rotatable bonds is 7. The van der Waals surface area contributed by atoms with Gasteiger partial charge in [0.05, 0.1) is 24.7 Å². The lowest BCUT2D eigenvalue weighted by atomic mass is 9.97. The molecule has 0 rings (SSSR count). The van der Waals surface area contributed by atoms with Gasteiger partial charge in [0.25, 0.3) is 0 Å². The van der Waals surface area contributed by atoms with E-state index in [-0.39, 0.29) is 12.6 Å². The Kier molecular flexibility index (Phi) is 7.34. The zero-order chi connectivity index (χ0) is 12.6. The number of unbranched alkanes of at least 4 members (excludes halogenated alkanes) is 2. The molecule has 2 N–H and O–H groups in total. The van der Waals surface area contributed by atoms with Crippen molar-refractivity contribution in [3.63, 3.8) is 0 Å². The summed E-state index contributed by atoms with van der Waals surface area (Å²) in [6.45, 7) is 5.73. The van der Waals surface area contributed by atoms with Crippen LogP contribution in [-0.2, 0) is 9.53 Å². The summed E-state index contributed by atoms with van der Waals surface area (Å²) in [5, 5.41) is 17.7. The number of aliphatic hydroxyl groups is 2. The van der Waals surface area contributed by atoms with Gasteiger partial charge in [-0.15, -0.1) is 0 Å². The van der Waals surface area contributed by atoms with Gasteiger partial charge in [-0.3, -0.25) is 4.79 Å². The van der Waals surface area contributed by atoms with Gasteiger partial charge in [-0.25, -0.2) is 0 Å². The van der Waals surface area contributed by atoms with Crippen LogP contribution in [0.1, 0.15) is 46.5 Å². The zero-order valence-electron chi connectivity index (χ0n) is 10.5. The Morgan fingerprint density at radius 3 is 2.38 bits per heavy atom. The Labute approximate surface area is 97.6 Å². The highest BCUT2D eigenvalue weighted by molar-refractivity contribution is 5.75. The van der Waals surface area contributed by atoms with Crippen molar-refractivity contribution in [1.82, 2.24) is 0 Å². The molecule has 0 aromatic rings. The van der Waals surface area contributed by atoms with E-state index in [1.807, 2.05) is 20.8 Å². The Morgan fingerprint density at radius 1 is 1.25 bits per heavy atom. The van der Waals surface area contributed by atoms with Crippen LogP contribution in [0.4, 0.5) is 0 Å². The summed E-state index contributed by atoms with van der Waals surface area (Å²) in [5.41, 5.74) is -0.437. The molecule has 0 aliphatic rings. The van der Waals surface area contributed by atoms with Crippen LogP contribution < -0.4 is 0 Å². The summed E-state index contributed by atoms with van der Waals surface area (Å²) in [5.74, 6) is -0.178. The van der Waals surface area contributed by atoms with Crippen LogP contribution in [0.3, 0.4) is 0 Å². The van der Waals surface area contributed by atoms with Crippen molar-refractivity contribution >= 4 is 5.97 Å². The van der Waals surface area contributed by atoms with Crippen molar-refractivity contribution in [2.24, 2.45) is 5.41 Å². The van der Waals surface area contributed by atoms with Crippen LogP contribution in [0.2, 0.25) is 0 Å². The maximum absolute atomic E-state index is 11.4. The maximum atomic E-state index is 11.4. The third kappa shape index (κ3) is 7.65. The topological polar surface area (TPSA) is 66.8 Å². The van der Waals surface area contributed by atoms with E-state index in [1.165, 1.54) is 0 Å². The Morgan fingerprint density at radius 2 is 1.88 bits per heavy atom. The molecule has 0 aromatic carbocycles. The molecule has 0 bridgehead atoms. The second kappa shape index (κ2) is 7.63. The minimum Gasteiger partial charge on any atom is -0.465 e.